The third-order valence-electron chi connectivity index (χ3n) is 5.86. The van der Waals surface area contributed by atoms with E-state index in [1.54, 1.807) is 6.07 Å². The number of nitrogen functional groups attached to an aromatic ring is 1. The maximum absolute atomic E-state index is 11.8. The summed E-state index contributed by atoms with van der Waals surface area (Å²) in [5.74, 6) is 0. The second kappa shape index (κ2) is 7.91. The molecule has 28 heavy (non-hydrogen) atoms. The Balaban J connectivity index is 2.66. The molecule has 154 valence electrons. The van der Waals surface area contributed by atoms with Crippen molar-refractivity contribution in [3.05, 3.63) is 28.3 Å². The molecule has 2 atom stereocenters. The Morgan fingerprint density at radius 3 is 2.68 bits per heavy atom. The van der Waals surface area contributed by atoms with Gasteiger partial charge in [-0.25, -0.2) is 4.79 Å². The van der Waals surface area contributed by atoms with Gasteiger partial charge in [0.1, 0.15) is 0 Å². The van der Waals surface area contributed by atoms with Crippen molar-refractivity contribution < 1.29 is 14.3 Å². The van der Waals surface area contributed by atoms with Gasteiger partial charge in [0.25, 0.3) is 0 Å². The van der Waals surface area contributed by atoms with Crippen LogP contribution in [0, 0.1) is 11.3 Å². The molecule has 1 saturated heterocycles. The molecule has 0 radical (unpaired) electrons. The molecule has 2 rings (SSSR count). The first-order valence-electron chi connectivity index (χ1n) is 9.23. The van der Waals surface area contributed by atoms with Crippen LogP contribution in [-0.2, 0) is 9.96 Å². The van der Waals surface area contributed by atoms with Gasteiger partial charge in [0.15, 0.2) is 8.32 Å². The fraction of sp³-hybridized carbons (Fsp3) is 0.579. The van der Waals surface area contributed by atoms with Gasteiger partial charge < -0.3 is 25.9 Å². The van der Waals surface area contributed by atoms with Crippen molar-refractivity contribution in [3.63, 3.8) is 0 Å². The smallest absolute Gasteiger partial charge is 0.405 e. The number of nitriles is 1. The Bertz CT molecular complexity index is 804. The minimum atomic E-state index is -2.23. The lowest BCUT2D eigenvalue weighted by Gasteiger charge is -2.49. The predicted octanol–water partition coefficient (Wildman–Crippen LogP) is 3.64. The first-order chi connectivity index (χ1) is 12.8. The van der Waals surface area contributed by atoms with Crippen molar-refractivity contribution in [1.82, 2.24) is 10.6 Å². The molecule has 1 fully saturated rings. The van der Waals surface area contributed by atoms with E-state index < -0.39 is 26.1 Å². The zero-order valence-corrected chi connectivity index (χ0v) is 18.8. The lowest BCUT2D eigenvalue weighted by Crippen LogP contribution is -2.64. The number of amides is 1. The Kier molecular flexibility index (Phi) is 6.36. The average Bonchev–Trinajstić information content (AvgIpc) is 2.57. The minimum absolute atomic E-state index is 0.0588. The number of anilines is 1. The van der Waals surface area contributed by atoms with Crippen LogP contribution in [0.25, 0.3) is 0 Å². The molecule has 1 aromatic rings. The molecule has 0 bridgehead atoms. The van der Waals surface area contributed by atoms with Crippen molar-refractivity contribution in [2.45, 2.75) is 57.0 Å². The van der Waals surface area contributed by atoms with Crippen LogP contribution in [0.15, 0.2) is 12.1 Å². The number of benzene rings is 1. The molecule has 0 spiro atoms. The van der Waals surface area contributed by atoms with Crippen LogP contribution >= 0.6 is 11.6 Å². The molecule has 1 aliphatic rings. The van der Waals surface area contributed by atoms with Crippen molar-refractivity contribution in [2.24, 2.45) is 0 Å². The molecule has 0 aromatic heterocycles. The topological polar surface area (TPSA) is 120 Å². The van der Waals surface area contributed by atoms with Crippen LogP contribution in [0.3, 0.4) is 0 Å². The number of carbonyl (C=O) groups is 1. The Labute approximate surface area is 172 Å². The molecule has 1 amide bonds. The number of nitrogens with one attached hydrogen (secondary N) is 2. The van der Waals surface area contributed by atoms with Crippen LogP contribution in [0.1, 0.15) is 38.3 Å². The minimum Gasteiger partial charge on any atom is -0.465 e. The highest BCUT2D eigenvalue weighted by Gasteiger charge is 2.50. The van der Waals surface area contributed by atoms with Crippen LogP contribution in [0.5, 0.6) is 0 Å². The summed E-state index contributed by atoms with van der Waals surface area (Å²) in [4.78, 5) is 11.8. The third kappa shape index (κ3) is 4.28. The van der Waals surface area contributed by atoms with Gasteiger partial charge in [0, 0.05) is 12.1 Å². The van der Waals surface area contributed by atoms with Gasteiger partial charge in [0.05, 0.1) is 34.0 Å². The number of carboxylic acid groups (broad SMARTS) is 1. The van der Waals surface area contributed by atoms with E-state index in [1.165, 1.54) is 6.07 Å². The van der Waals surface area contributed by atoms with E-state index in [0.717, 1.165) is 0 Å². The summed E-state index contributed by atoms with van der Waals surface area (Å²) in [6.45, 7) is 11.7. The molecule has 0 aliphatic carbocycles. The largest absolute Gasteiger partial charge is 0.465 e. The van der Waals surface area contributed by atoms with E-state index in [4.69, 9.17) is 21.8 Å². The van der Waals surface area contributed by atoms with E-state index in [9.17, 15) is 15.2 Å². The Morgan fingerprint density at radius 1 is 1.50 bits per heavy atom. The highest BCUT2D eigenvalue weighted by molar-refractivity contribution is 6.74. The third-order valence-corrected chi connectivity index (χ3v) is 10.8. The van der Waals surface area contributed by atoms with Crippen LogP contribution in [0.2, 0.25) is 23.2 Å². The van der Waals surface area contributed by atoms with E-state index in [0.29, 0.717) is 30.6 Å². The van der Waals surface area contributed by atoms with Gasteiger partial charge in [-0.1, -0.05) is 32.4 Å². The number of halogens is 1. The van der Waals surface area contributed by atoms with Crippen molar-refractivity contribution in [2.75, 3.05) is 18.8 Å². The fourth-order valence-corrected chi connectivity index (χ4v) is 4.90. The van der Waals surface area contributed by atoms with E-state index >= 15 is 0 Å². The molecule has 0 unspecified atom stereocenters. The highest BCUT2D eigenvalue weighted by Crippen LogP contribution is 2.44. The lowest BCUT2D eigenvalue weighted by atomic mass is 9.78. The fourth-order valence-electron chi connectivity index (χ4n) is 3.27. The lowest BCUT2D eigenvalue weighted by molar-refractivity contribution is 0.0411. The molecular weight excluding hydrogens is 396 g/mol. The van der Waals surface area contributed by atoms with E-state index in [2.05, 4.69) is 50.6 Å². The van der Waals surface area contributed by atoms with Gasteiger partial charge in [-0.3, -0.25) is 0 Å². The molecule has 9 heteroatoms. The first kappa shape index (κ1) is 22.5. The Hall–Kier alpha value is -1.79. The predicted molar refractivity (Wildman–Crippen MR) is 113 cm³/mol. The van der Waals surface area contributed by atoms with Gasteiger partial charge in [-0.2, -0.15) is 5.26 Å². The number of piperidine rings is 1. The second-order valence-corrected chi connectivity index (χ2v) is 13.9. The molecule has 5 N–H and O–H groups in total. The second-order valence-electron chi connectivity index (χ2n) is 8.76. The maximum Gasteiger partial charge on any atom is 0.405 e. The summed E-state index contributed by atoms with van der Waals surface area (Å²) < 4.78 is 6.65. The van der Waals surface area contributed by atoms with Gasteiger partial charge in [-0.05, 0) is 43.2 Å². The molecule has 1 heterocycles. The quantitative estimate of drug-likeness (QED) is 0.432. The Morgan fingerprint density at radius 2 is 2.14 bits per heavy atom. The zero-order chi connectivity index (χ0) is 21.3. The number of hydrogen-bond acceptors (Lipinski definition) is 5. The van der Waals surface area contributed by atoms with E-state index in [1.807, 2.05) is 0 Å². The van der Waals surface area contributed by atoms with Gasteiger partial charge >= 0.3 is 6.09 Å². The standard InChI is InChI=1S/C19H29ClN4O3Si/c1-18(2,3)28(4,5)27-15-11-23-7-6-19(15,24-17(25)26)13-8-12(10-21)9-14(22)16(13)20/h8-9,15,23-24H,6-7,11,22H2,1-5H3,(H,25,26)/t15-,19-/m1/s1. The van der Waals surface area contributed by atoms with Crippen LogP contribution in [-0.4, -0.2) is 38.7 Å². The summed E-state index contributed by atoms with van der Waals surface area (Å²) >= 11 is 6.52. The van der Waals surface area contributed by atoms with Crippen molar-refractivity contribution >= 4 is 31.7 Å². The number of rotatable bonds is 4. The van der Waals surface area contributed by atoms with E-state index in [-0.39, 0.29) is 15.7 Å². The summed E-state index contributed by atoms with van der Waals surface area (Å²) in [5.41, 5.74) is 5.98. The van der Waals surface area contributed by atoms with Crippen molar-refractivity contribution in [1.29, 1.82) is 5.26 Å². The summed E-state index contributed by atoms with van der Waals surface area (Å²) in [7, 11) is -2.23. The van der Waals surface area contributed by atoms with Crippen LogP contribution < -0.4 is 16.4 Å². The molecule has 7 nitrogen and oxygen atoms in total. The number of nitrogens with two attached hydrogens (primary N) is 1. The first-order valence-corrected chi connectivity index (χ1v) is 12.5. The summed E-state index contributed by atoms with van der Waals surface area (Å²) in [6, 6.07) is 5.17. The molecule has 1 aromatic carbocycles. The zero-order valence-electron chi connectivity index (χ0n) is 17.0. The summed E-state index contributed by atoms with van der Waals surface area (Å²) in [6.07, 6.45) is -1.25. The maximum atomic E-state index is 11.8. The van der Waals surface area contributed by atoms with Gasteiger partial charge in [0.2, 0.25) is 0 Å². The normalized spacial score (nSPS) is 23.1. The van der Waals surface area contributed by atoms with Crippen molar-refractivity contribution in [3.8, 4) is 6.07 Å². The molecule has 0 saturated carbocycles. The monoisotopic (exact) mass is 424 g/mol. The average molecular weight is 425 g/mol. The summed E-state index contributed by atoms with van der Waals surface area (Å²) in [5, 5.41) is 25.2. The highest BCUT2D eigenvalue weighted by atomic mass is 35.5. The van der Waals surface area contributed by atoms with Gasteiger partial charge in [-0.15, -0.1) is 0 Å². The number of nitrogens with zero attached hydrogens (tertiary/aromatic N) is 1. The molecule has 1 aliphatic heterocycles. The van der Waals surface area contributed by atoms with Crippen LogP contribution in [0.4, 0.5) is 10.5 Å². The number of hydrogen-bond donors (Lipinski definition) is 4. The molecular formula is C19H29ClN4O3Si. The SMILES string of the molecule is CC(C)(C)[Si](C)(C)O[C@@H]1CNCC[C@@]1(NC(=O)O)c1cc(C#N)cc(N)c1Cl.